The first-order chi connectivity index (χ1) is 10.3. The number of hydrogen-bond acceptors (Lipinski definition) is 2. The molecule has 106 valence electrons. The van der Waals surface area contributed by atoms with Crippen molar-refractivity contribution in [3.8, 4) is 17.0 Å². The molecule has 3 rings (SSSR count). The first-order valence-electron chi connectivity index (χ1n) is 7.19. The first kappa shape index (κ1) is 13.4. The van der Waals surface area contributed by atoms with Gasteiger partial charge in [-0.3, -0.25) is 4.68 Å². The lowest BCUT2D eigenvalue weighted by molar-refractivity contribution is 0.464. The highest BCUT2D eigenvalue weighted by atomic mass is 16.3. The van der Waals surface area contributed by atoms with E-state index in [4.69, 9.17) is 0 Å². The number of benzene rings is 2. The Balaban J connectivity index is 1.60. The lowest BCUT2D eigenvalue weighted by Crippen LogP contribution is -2.00. The van der Waals surface area contributed by atoms with Crippen molar-refractivity contribution in [3.05, 3.63) is 72.4 Å². The SMILES string of the molecule is Oc1ccccc1CCCn1ccc(-c2ccccc2)n1. The molecule has 3 heteroatoms. The Bertz CT molecular complexity index is 704. The molecule has 0 atom stereocenters. The molecule has 0 aliphatic carbocycles. The summed E-state index contributed by atoms with van der Waals surface area (Å²) in [5.41, 5.74) is 3.13. The number of aromatic hydroxyl groups is 1. The van der Waals surface area contributed by atoms with Gasteiger partial charge in [-0.1, -0.05) is 48.5 Å². The monoisotopic (exact) mass is 278 g/mol. The molecule has 0 saturated carbocycles. The largest absolute Gasteiger partial charge is 0.508 e. The highest BCUT2D eigenvalue weighted by Gasteiger charge is 2.03. The minimum absolute atomic E-state index is 0.378. The van der Waals surface area contributed by atoms with Crippen LogP contribution in [0, 0.1) is 0 Å². The maximum Gasteiger partial charge on any atom is 0.118 e. The molecule has 0 unspecified atom stereocenters. The van der Waals surface area contributed by atoms with Crippen LogP contribution in [0.4, 0.5) is 0 Å². The number of nitrogens with zero attached hydrogens (tertiary/aromatic N) is 2. The molecule has 1 heterocycles. The maximum absolute atomic E-state index is 9.74. The van der Waals surface area contributed by atoms with Crippen molar-refractivity contribution in [2.24, 2.45) is 0 Å². The number of phenols is 1. The highest BCUT2D eigenvalue weighted by molar-refractivity contribution is 5.57. The molecular formula is C18H18N2O. The average Bonchev–Trinajstić information content (AvgIpc) is 2.99. The van der Waals surface area contributed by atoms with Crippen molar-refractivity contribution in [2.75, 3.05) is 0 Å². The van der Waals surface area contributed by atoms with Crippen LogP contribution in [-0.2, 0) is 13.0 Å². The predicted octanol–water partition coefficient (Wildman–Crippen LogP) is 3.89. The van der Waals surface area contributed by atoms with Gasteiger partial charge >= 0.3 is 0 Å². The molecule has 0 radical (unpaired) electrons. The molecule has 3 aromatic rings. The summed E-state index contributed by atoms with van der Waals surface area (Å²) >= 11 is 0. The summed E-state index contributed by atoms with van der Waals surface area (Å²) in [5.74, 6) is 0.378. The summed E-state index contributed by atoms with van der Waals surface area (Å²) in [6.45, 7) is 0.848. The lowest BCUT2D eigenvalue weighted by atomic mass is 10.1. The van der Waals surface area contributed by atoms with Crippen LogP contribution in [0.25, 0.3) is 11.3 Å². The van der Waals surface area contributed by atoms with Gasteiger partial charge < -0.3 is 5.11 Å². The second kappa shape index (κ2) is 6.27. The van der Waals surface area contributed by atoms with E-state index in [0.717, 1.165) is 36.2 Å². The molecule has 1 aromatic heterocycles. The molecule has 0 aliphatic heterocycles. The fraction of sp³-hybridized carbons (Fsp3) is 0.167. The highest BCUT2D eigenvalue weighted by Crippen LogP contribution is 2.18. The zero-order valence-electron chi connectivity index (χ0n) is 11.8. The van der Waals surface area contributed by atoms with Crippen LogP contribution >= 0.6 is 0 Å². The molecule has 3 nitrogen and oxygen atoms in total. The third-order valence-electron chi connectivity index (χ3n) is 3.54. The van der Waals surface area contributed by atoms with Gasteiger partial charge in [0, 0.05) is 18.3 Å². The number of hydrogen-bond donors (Lipinski definition) is 1. The maximum atomic E-state index is 9.74. The van der Waals surface area contributed by atoms with Crippen molar-refractivity contribution >= 4 is 0 Å². The van der Waals surface area contributed by atoms with E-state index >= 15 is 0 Å². The predicted molar refractivity (Wildman–Crippen MR) is 84.1 cm³/mol. The number of phenolic OH excluding ortho intramolecular Hbond substituents is 1. The van der Waals surface area contributed by atoms with E-state index in [1.807, 2.05) is 53.3 Å². The van der Waals surface area contributed by atoms with Gasteiger partial charge in [0.1, 0.15) is 5.75 Å². The van der Waals surface area contributed by atoms with Crippen molar-refractivity contribution in [1.29, 1.82) is 0 Å². The van der Waals surface area contributed by atoms with Gasteiger partial charge in [0.05, 0.1) is 5.69 Å². The van der Waals surface area contributed by atoms with Crippen molar-refractivity contribution in [1.82, 2.24) is 9.78 Å². The molecule has 0 spiro atoms. The summed E-state index contributed by atoms with van der Waals surface area (Å²) in [5, 5.41) is 14.3. The van der Waals surface area contributed by atoms with E-state index in [9.17, 15) is 5.11 Å². The summed E-state index contributed by atoms with van der Waals surface area (Å²) in [7, 11) is 0. The lowest BCUT2D eigenvalue weighted by Gasteiger charge is -2.04. The molecule has 1 N–H and O–H groups in total. The third-order valence-corrected chi connectivity index (χ3v) is 3.54. The minimum atomic E-state index is 0.378. The second-order valence-electron chi connectivity index (χ2n) is 5.06. The van der Waals surface area contributed by atoms with Crippen LogP contribution in [-0.4, -0.2) is 14.9 Å². The summed E-state index contributed by atoms with van der Waals surface area (Å²) in [6, 6.07) is 19.7. The standard InChI is InChI=1S/C18H18N2O/c21-18-11-5-4-9-16(18)10-6-13-20-14-12-17(19-20)15-7-2-1-3-8-15/h1-5,7-9,11-12,14,21H,6,10,13H2. The molecule has 0 fully saturated rings. The zero-order chi connectivity index (χ0) is 14.5. The van der Waals surface area contributed by atoms with Crippen LogP contribution in [0.3, 0.4) is 0 Å². The molecule has 0 bridgehead atoms. The second-order valence-corrected chi connectivity index (χ2v) is 5.06. The Labute approximate surface area is 124 Å². The van der Waals surface area contributed by atoms with Crippen molar-refractivity contribution in [2.45, 2.75) is 19.4 Å². The fourth-order valence-electron chi connectivity index (χ4n) is 2.40. The molecule has 21 heavy (non-hydrogen) atoms. The van der Waals surface area contributed by atoms with Crippen LogP contribution in [0.1, 0.15) is 12.0 Å². The van der Waals surface area contributed by atoms with Crippen LogP contribution in [0.15, 0.2) is 66.9 Å². The van der Waals surface area contributed by atoms with Crippen LogP contribution in [0.2, 0.25) is 0 Å². The molecule has 0 saturated heterocycles. The minimum Gasteiger partial charge on any atom is -0.508 e. The van der Waals surface area contributed by atoms with E-state index in [-0.39, 0.29) is 0 Å². The molecule has 0 amide bonds. The Morgan fingerprint density at radius 1 is 0.905 bits per heavy atom. The van der Waals surface area contributed by atoms with E-state index in [2.05, 4.69) is 17.2 Å². The average molecular weight is 278 g/mol. The van der Waals surface area contributed by atoms with E-state index in [0.29, 0.717) is 5.75 Å². The van der Waals surface area contributed by atoms with Crippen LogP contribution in [0.5, 0.6) is 5.75 Å². The Hall–Kier alpha value is -2.55. The zero-order valence-corrected chi connectivity index (χ0v) is 11.8. The van der Waals surface area contributed by atoms with Gasteiger partial charge in [-0.25, -0.2) is 0 Å². The summed E-state index contributed by atoms with van der Waals surface area (Å²) < 4.78 is 1.96. The molecular weight excluding hydrogens is 260 g/mol. The van der Waals surface area contributed by atoms with E-state index in [1.54, 1.807) is 6.07 Å². The Kier molecular flexibility index (Phi) is 4.01. The van der Waals surface area contributed by atoms with E-state index < -0.39 is 0 Å². The van der Waals surface area contributed by atoms with E-state index in [1.165, 1.54) is 0 Å². The normalized spacial score (nSPS) is 10.7. The van der Waals surface area contributed by atoms with Crippen LogP contribution < -0.4 is 0 Å². The quantitative estimate of drug-likeness (QED) is 0.769. The summed E-state index contributed by atoms with van der Waals surface area (Å²) in [6.07, 6.45) is 3.81. The fourth-order valence-corrected chi connectivity index (χ4v) is 2.40. The summed E-state index contributed by atoms with van der Waals surface area (Å²) in [4.78, 5) is 0. The topological polar surface area (TPSA) is 38.0 Å². The smallest absolute Gasteiger partial charge is 0.118 e. The number of aryl methyl sites for hydroxylation is 2. The number of para-hydroxylation sites is 1. The Morgan fingerprint density at radius 3 is 2.48 bits per heavy atom. The van der Waals surface area contributed by atoms with Gasteiger partial charge in [-0.05, 0) is 30.5 Å². The van der Waals surface area contributed by atoms with Crippen molar-refractivity contribution < 1.29 is 5.11 Å². The molecule has 2 aromatic carbocycles. The number of aromatic nitrogens is 2. The van der Waals surface area contributed by atoms with Crippen molar-refractivity contribution in [3.63, 3.8) is 0 Å². The van der Waals surface area contributed by atoms with Gasteiger partial charge in [-0.2, -0.15) is 5.10 Å². The van der Waals surface area contributed by atoms with Gasteiger partial charge in [0.2, 0.25) is 0 Å². The van der Waals surface area contributed by atoms with Gasteiger partial charge in [0.15, 0.2) is 0 Å². The Morgan fingerprint density at radius 2 is 1.67 bits per heavy atom. The number of rotatable bonds is 5. The molecule has 0 aliphatic rings. The van der Waals surface area contributed by atoms with Gasteiger partial charge in [0.25, 0.3) is 0 Å². The van der Waals surface area contributed by atoms with Gasteiger partial charge in [-0.15, -0.1) is 0 Å². The third kappa shape index (κ3) is 3.31. The first-order valence-corrected chi connectivity index (χ1v) is 7.19.